The Morgan fingerprint density at radius 2 is 1.87 bits per heavy atom. The molecule has 15 heavy (non-hydrogen) atoms. The smallest absolute Gasteiger partial charge is 0.300 e. The summed E-state index contributed by atoms with van der Waals surface area (Å²) in [7, 11) is 0. The van der Waals surface area contributed by atoms with E-state index >= 15 is 0 Å². The van der Waals surface area contributed by atoms with Gasteiger partial charge in [-0.25, -0.2) is 0 Å². The van der Waals surface area contributed by atoms with Gasteiger partial charge < -0.3 is 5.11 Å². The number of benzene rings is 1. The first kappa shape index (κ1) is 9.39. The van der Waals surface area contributed by atoms with Crippen LogP contribution in [0.15, 0.2) is 29.1 Å². The molecule has 2 heterocycles. The summed E-state index contributed by atoms with van der Waals surface area (Å²) in [6.07, 6.45) is 0. The molecule has 5 nitrogen and oxygen atoms in total. The largest absolute Gasteiger partial charge is 0.481 e. The third-order valence-electron chi connectivity index (χ3n) is 1.95. The van der Waals surface area contributed by atoms with Crippen molar-refractivity contribution in [2.45, 2.75) is 6.92 Å². The predicted octanol–water partition coefficient (Wildman–Crippen LogP) is 0.790. The van der Waals surface area contributed by atoms with Crippen LogP contribution in [-0.2, 0) is 4.79 Å². The summed E-state index contributed by atoms with van der Waals surface area (Å²) < 4.78 is 1.44. The number of carboxylic acid groups (broad SMARTS) is 1. The van der Waals surface area contributed by atoms with E-state index in [2.05, 4.69) is 5.10 Å². The molecule has 0 saturated heterocycles. The van der Waals surface area contributed by atoms with Gasteiger partial charge in [-0.15, -0.1) is 5.10 Å². The zero-order chi connectivity index (χ0) is 11.0. The molecular weight excluding hydrogens is 196 g/mol. The molecule has 76 valence electrons. The van der Waals surface area contributed by atoms with E-state index in [0.717, 1.165) is 23.5 Å². The second-order valence-electron chi connectivity index (χ2n) is 3.11. The fourth-order valence-corrected chi connectivity index (χ4v) is 1.36. The molecule has 0 radical (unpaired) electrons. The van der Waals surface area contributed by atoms with Crippen LogP contribution in [0.3, 0.4) is 0 Å². The lowest BCUT2D eigenvalue weighted by Crippen LogP contribution is -2.01. The van der Waals surface area contributed by atoms with Crippen molar-refractivity contribution in [2.75, 3.05) is 0 Å². The Balaban J connectivity index is 0.000000188. The molecule has 2 aliphatic heterocycles. The van der Waals surface area contributed by atoms with Gasteiger partial charge in [-0.3, -0.25) is 9.59 Å². The fraction of sp³-hybridized carbons (Fsp3) is 0.100. The van der Waals surface area contributed by atoms with E-state index in [1.807, 2.05) is 24.3 Å². The molecule has 1 N–H and O–H groups in total. The van der Waals surface area contributed by atoms with Crippen LogP contribution in [0.4, 0.5) is 0 Å². The number of hydrogen-bond donors (Lipinski definition) is 1. The average molecular weight is 204 g/mol. The number of carbonyl (C=O) groups is 1. The zero-order valence-corrected chi connectivity index (χ0v) is 7.97. The molecule has 0 bridgehead atoms. The van der Waals surface area contributed by atoms with E-state index in [1.54, 1.807) is 0 Å². The van der Waals surface area contributed by atoms with Crippen molar-refractivity contribution in [3.05, 3.63) is 34.6 Å². The van der Waals surface area contributed by atoms with Gasteiger partial charge in [-0.1, -0.05) is 18.2 Å². The van der Waals surface area contributed by atoms with Crippen LogP contribution in [-0.4, -0.2) is 20.9 Å². The first-order chi connectivity index (χ1) is 7.11. The Kier molecular flexibility index (Phi) is 2.00. The summed E-state index contributed by atoms with van der Waals surface area (Å²) in [5.74, 6) is -0.00870. The van der Waals surface area contributed by atoms with E-state index in [0.29, 0.717) is 0 Å². The molecule has 0 fully saturated rings. The maximum Gasteiger partial charge on any atom is 0.300 e. The zero-order valence-electron chi connectivity index (χ0n) is 7.97. The number of nitrogens with zero attached hydrogens (tertiary/aromatic N) is 2. The van der Waals surface area contributed by atoms with Gasteiger partial charge in [-0.05, 0) is 6.07 Å². The highest BCUT2D eigenvalue weighted by molar-refractivity contribution is 5.91. The van der Waals surface area contributed by atoms with Crippen LogP contribution in [0.5, 0.6) is 0 Å². The second kappa shape index (κ2) is 3.20. The first-order valence-corrected chi connectivity index (χ1v) is 4.33. The summed E-state index contributed by atoms with van der Waals surface area (Å²) in [6.45, 7) is 1.08. The number of fused-ring (bicyclic) bond motifs is 3. The Labute approximate surface area is 84.6 Å². The summed E-state index contributed by atoms with van der Waals surface area (Å²) >= 11 is 0. The fourth-order valence-electron chi connectivity index (χ4n) is 1.36. The first-order valence-electron chi connectivity index (χ1n) is 4.33. The van der Waals surface area contributed by atoms with Crippen LogP contribution in [0.1, 0.15) is 6.92 Å². The SMILES string of the molecule is CC(=O)O.O=c1c2ccccc2c2nn1-2. The summed E-state index contributed by atoms with van der Waals surface area (Å²) in [5, 5.41) is 13.0. The maximum absolute atomic E-state index is 11.2. The maximum atomic E-state index is 11.2. The average Bonchev–Trinajstić information content (AvgIpc) is 2.91. The van der Waals surface area contributed by atoms with Crippen LogP contribution in [0.25, 0.3) is 16.6 Å². The van der Waals surface area contributed by atoms with Gasteiger partial charge in [0, 0.05) is 12.3 Å². The van der Waals surface area contributed by atoms with Crippen molar-refractivity contribution >= 4 is 16.7 Å². The number of carboxylic acids is 1. The number of aliphatic carboxylic acids is 1. The van der Waals surface area contributed by atoms with Gasteiger partial charge >= 0.3 is 0 Å². The number of hydrogen-bond acceptors (Lipinski definition) is 3. The van der Waals surface area contributed by atoms with E-state index < -0.39 is 5.97 Å². The molecule has 0 saturated carbocycles. The standard InChI is InChI=1S/C8H4N2O.C2H4O2/c11-8-6-4-2-1-3-5(6)7-9-10(7)8;1-2(3)4/h1-4H;1H3,(H,3,4). The van der Waals surface area contributed by atoms with Crippen LogP contribution >= 0.6 is 0 Å². The lowest BCUT2D eigenvalue weighted by molar-refractivity contribution is -0.134. The normalized spacial score (nSPS) is 10.5. The number of aromatic nitrogens is 2. The topological polar surface area (TPSA) is 72.2 Å². The molecule has 0 atom stereocenters. The van der Waals surface area contributed by atoms with Crippen molar-refractivity contribution < 1.29 is 9.90 Å². The molecule has 0 aromatic heterocycles. The highest BCUT2D eigenvalue weighted by atomic mass is 16.4. The Morgan fingerprint density at radius 3 is 2.40 bits per heavy atom. The van der Waals surface area contributed by atoms with Crippen molar-refractivity contribution in [2.24, 2.45) is 0 Å². The van der Waals surface area contributed by atoms with E-state index in [1.165, 1.54) is 4.68 Å². The third kappa shape index (κ3) is 1.59. The van der Waals surface area contributed by atoms with Gasteiger partial charge in [0.25, 0.3) is 11.5 Å². The summed E-state index contributed by atoms with van der Waals surface area (Å²) in [4.78, 5) is 20.2. The van der Waals surface area contributed by atoms with E-state index in [4.69, 9.17) is 9.90 Å². The van der Waals surface area contributed by atoms with Crippen molar-refractivity contribution in [1.29, 1.82) is 0 Å². The van der Waals surface area contributed by atoms with Crippen molar-refractivity contribution in [3.63, 3.8) is 0 Å². The lowest BCUT2D eigenvalue weighted by atomic mass is 10.2. The molecular formula is C10H8N2O3. The van der Waals surface area contributed by atoms with Gasteiger partial charge in [-0.2, -0.15) is 4.68 Å². The molecule has 0 amide bonds. The Morgan fingerprint density at radius 1 is 1.33 bits per heavy atom. The minimum Gasteiger partial charge on any atom is -0.481 e. The monoisotopic (exact) mass is 204 g/mol. The highest BCUT2D eigenvalue weighted by Crippen LogP contribution is 2.23. The van der Waals surface area contributed by atoms with Crippen LogP contribution < -0.4 is 5.56 Å². The molecule has 3 rings (SSSR count). The van der Waals surface area contributed by atoms with Crippen LogP contribution in [0.2, 0.25) is 0 Å². The molecule has 1 aromatic carbocycles. The minimum absolute atomic E-state index is 0.00981. The van der Waals surface area contributed by atoms with Gasteiger partial charge in [0.2, 0.25) is 0 Å². The molecule has 0 aliphatic carbocycles. The quantitative estimate of drug-likeness (QED) is 0.587. The van der Waals surface area contributed by atoms with Gasteiger partial charge in [0.15, 0.2) is 5.82 Å². The Bertz CT molecular complexity index is 597. The van der Waals surface area contributed by atoms with E-state index in [-0.39, 0.29) is 5.56 Å². The summed E-state index contributed by atoms with van der Waals surface area (Å²) in [5.41, 5.74) is 0.00981. The number of rotatable bonds is 0. The van der Waals surface area contributed by atoms with Gasteiger partial charge in [0.05, 0.1) is 5.39 Å². The van der Waals surface area contributed by atoms with Crippen molar-refractivity contribution in [3.8, 4) is 5.82 Å². The second-order valence-corrected chi connectivity index (χ2v) is 3.11. The third-order valence-corrected chi connectivity index (χ3v) is 1.95. The van der Waals surface area contributed by atoms with Crippen LogP contribution in [0, 0.1) is 0 Å². The lowest BCUT2D eigenvalue weighted by Gasteiger charge is -1.81. The Hall–Kier alpha value is -2.17. The van der Waals surface area contributed by atoms with Crippen molar-refractivity contribution in [1.82, 2.24) is 9.78 Å². The predicted molar refractivity (Wildman–Crippen MR) is 54.2 cm³/mol. The van der Waals surface area contributed by atoms with E-state index in [9.17, 15) is 4.79 Å². The molecule has 0 spiro atoms. The molecule has 2 aliphatic rings. The van der Waals surface area contributed by atoms with Gasteiger partial charge in [0.1, 0.15) is 0 Å². The molecule has 5 heteroatoms. The molecule has 0 unspecified atom stereocenters. The summed E-state index contributed by atoms with van der Waals surface area (Å²) in [6, 6.07) is 7.52. The highest BCUT2D eigenvalue weighted by Gasteiger charge is 2.23. The minimum atomic E-state index is -0.833. The molecule has 1 aromatic rings.